The van der Waals surface area contributed by atoms with Crippen molar-refractivity contribution in [1.29, 1.82) is 0 Å². The standard InChI is InChI=1S/C29H24N2OS/c1-20-11-18-26-27(19-20)33-29(31-26)23-14-16-24(17-15-23)30-28(32)25-10-6-5-9-22(25)13-12-21-7-3-2-4-8-21/h2-11,14-19H,12-13H2,1H3,(H,30,32). The van der Waals surface area contributed by atoms with E-state index in [9.17, 15) is 4.79 Å². The van der Waals surface area contributed by atoms with Crippen LogP contribution in [0.15, 0.2) is 97.1 Å². The highest BCUT2D eigenvalue weighted by molar-refractivity contribution is 7.21. The number of hydrogen-bond acceptors (Lipinski definition) is 3. The molecule has 1 N–H and O–H groups in total. The smallest absolute Gasteiger partial charge is 0.255 e. The van der Waals surface area contributed by atoms with E-state index in [1.807, 2.05) is 66.7 Å². The number of amides is 1. The Bertz CT molecular complexity index is 1410. The van der Waals surface area contributed by atoms with Crippen LogP contribution in [0.4, 0.5) is 5.69 Å². The number of carbonyl (C=O) groups excluding carboxylic acids is 1. The molecule has 0 saturated carbocycles. The third kappa shape index (κ3) is 4.86. The van der Waals surface area contributed by atoms with Gasteiger partial charge in [-0.15, -0.1) is 11.3 Å². The Kier molecular flexibility index (Phi) is 6.01. The van der Waals surface area contributed by atoms with Gasteiger partial charge in [0, 0.05) is 16.8 Å². The lowest BCUT2D eigenvalue weighted by atomic mass is 9.99. The van der Waals surface area contributed by atoms with Crippen molar-refractivity contribution in [1.82, 2.24) is 4.98 Å². The van der Waals surface area contributed by atoms with Crippen LogP contribution in [-0.4, -0.2) is 10.9 Å². The second-order valence-corrected chi connectivity index (χ2v) is 9.20. The van der Waals surface area contributed by atoms with Crippen LogP contribution in [0.2, 0.25) is 0 Å². The van der Waals surface area contributed by atoms with Gasteiger partial charge in [0.05, 0.1) is 10.2 Å². The minimum absolute atomic E-state index is 0.0816. The molecule has 162 valence electrons. The number of aryl methyl sites for hydroxylation is 3. The summed E-state index contributed by atoms with van der Waals surface area (Å²) >= 11 is 1.69. The summed E-state index contributed by atoms with van der Waals surface area (Å²) in [6, 6.07) is 32.4. The normalized spacial score (nSPS) is 10.9. The van der Waals surface area contributed by atoms with Crippen molar-refractivity contribution in [3.63, 3.8) is 0 Å². The Morgan fingerprint density at radius 3 is 2.42 bits per heavy atom. The second-order valence-electron chi connectivity index (χ2n) is 8.16. The van der Waals surface area contributed by atoms with Gasteiger partial charge in [0.2, 0.25) is 0 Å². The first kappa shape index (κ1) is 21.1. The molecule has 4 heteroatoms. The van der Waals surface area contributed by atoms with Crippen LogP contribution in [0.25, 0.3) is 20.8 Å². The zero-order chi connectivity index (χ0) is 22.6. The minimum atomic E-state index is -0.0816. The number of rotatable bonds is 6. The lowest BCUT2D eigenvalue weighted by molar-refractivity contribution is 0.102. The molecule has 0 fully saturated rings. The molecule has 0 atom stereocenters. The maximum atomic E-state index is 13.0. The monoisotopic (exact) mass is 448 g/mol. The number of thiazole rings is 1. The second kappa shape index (κ2) is 9.39. The van der Waals surface area contributed by atoms with Crippen LogP contribution < -0.4 is 5.32 Å². The molecular formula is C29H24N2OS. The van der Waals surface area contributed by atoms with Gasteiger partial charge < -0.3 is 5.32 Å². The van der Waals surface area contributed by atoms with Crippen LogP contribution in [0.3, 0.4) is 0 Å². The van der Waals surface area contributed by atoms with Crippen LogP contribution >= 0.6 is 11.3 Å². The highest BCUT2D eigenvalue weighted by Gasteiger charge is 2.12. The van der Waals surface area contributed by atoms with Crippen molar-refractivity contribution >= 4 is 33.1 Å². The van der Waals surface area contributed by atoms with Gasteiger partial charge in [-0.25, -0.2) is 4.98 Å². The van der Waals surface area contributed by atoms with Crippen molar-refractivity contribution in [2.45, 2.75) is 19.8 Å². The van der Waals surface area contributed by atoms with Crippen molar-refractivity contribution in [3.8, 4) is 10.6 Å². The maximum absolute atomic E-state index is 13.0. The fraction of sp³-hybridized carbons (Fsp3) is 0.103. The predicted octanol–water partition coefficient (Wildman–Crippen LogP) is 7.31. The largest absolute Gasteiger partial charge is 0.322 e. The molecule has 5 rings (SSSR count). The van der Waals surface area contributed by atoms with E-state index in [1.165, 1.54) is 15.8 Å². The van der Waals surface area contributed by atoms with Gasteiger partial charge in [-0.3, -0.25) is 4.79 Å². The number of aromatic nitrogens is 1. The number of hydrogen-bond donors (Lipinski definition) is 1. The Morgan fingerprint density at radius 2 is 1.61 bits per heavy atom. The Balaban J connectivity index is 1.30. The van der Waals surface area contributed by atoms with Crippen LogP contribution in [0.1, 0.15) is 27.0 Å². The molecule has 0 spiro atoms. The van der Waals surface area contributed by atoms with Crippen molar-refractivity contribution in [3.05, 3.63) is 119 Å². The van der Waals surface area contributed by atoms with E-state index in [4.69, 9.17) is 4.98 Å². The quantitative estimate of drug-likeness (QED) is 0.296. The molecule has 5 aromatic rings. The molecule has 0 unspecified atom stereocenters. The zero-order valence-corrected chi connectivity index (χ0v) is 19.2. The van der Waals surface area contributed by atoms with E-state index < -0.39 is 0 Å². The summed E-state index contributed by atoms with van der Waals surface area (Å²) in [5.74, 6) is -0.0816. The van der Waals surface area contributed by atoms with E-state index in [2.05, 4.69) is 42.6 Å². The minimum Gasteiger partial charge on any atom is -0.322 e. The highest BCUT2D eigenvalue weighted by atomic mass is 32.1. The third-order valence-corrected chi connectivity index (χ3v) is 6.79. The first-order valence-corrected chi connectivity index (χ1v) is 11.9. The third-order valence-electron chi connectivity index (χ3n) is 5.72. The highest BCUT2D eigenvalue weighted by Crippen LogP contribution is 2.31. The van der Waals surface area contributed by atoms with Crippen molar-refractivity contribution < 1.29 is 4.79 Å². The van der Waals surface area contributed by atoms with Gasteiger partial charge in [0.15, 0.2) is 0 Å². The van der Waals surface area contributed by atoms with Gasteiger partial charge in [-0.1, -0.05) is 54.6 Å². The molecule has 0 aliphatic carbocycles. The number of nitrogens with zero attached hydrogens (tertiary/aromatic N) is 1. The molecule has 1 aromatic heterocycles. The summed E-state index contributed by atoms with van der Waals surface area (Å²) < 4.78 is 1.19. The fourth-order valence-electron chi connectivity index (χ4n) is 3.93. The topological polar surface area (TPSA) is 42.0 Å². The summed E-state index contributed by atoms with van der Waals surface area (Å²) in [5, 5.41) is 4.04. The Labute approximate surface area is 197 Å². The van der Waals surface area contributed by atoms with E-state index in [0.717, 1.165) is 45.7 Å². The number of nitrogens with one attached hydrogen (secondary N) is 1. The van der Waals surface area contributed by atoms with E-state index in [1.54, 1.807) is 11.3 Å². The lowest BCUT2D eigenvalue weighted by Crippen LogP contribution is -2.14. The molecular weight excluding hydrogens is 424 g/mol. The fourth-order valence-corrected chi connectivity index (χ4v) is 5.00. The number of benzene rings is 4. The summed E-state index contributed by atoms with van der Waals surface area (Å²) in [6.07, 6.45) is 1.73. The van der Waals surface area contributed by atoms with Gasteiger partial charge in [0.25, 0.3) is 5.91 Å². The van der Waals surface area contributed by atoms with E-state index in [-0.39, 0.29) is 5.91 Å². The molecule has 33 heavy (non-hydrogen) atoms. The molecule has 3 nitrogen and oxygen atoms in total. The molecule has 0 aliphatic heterocycles. The van der Waals surface area contributed by atoms with Crippen LogP contribution in [-0.2, 0) is 12.8 Å². The van der Waals surface area contributed by atoms with Crippen LogP contribution in [0, 0.1) is 6.92 Å². The maximum Gasteiger partial charge on any atom is 0.255 e. The van der Waals surface area contributed by atoms with Crippen molar-refractivity contribution in [2.75, 3.05) is 5.32 Å². The number of carbonyl (C=O) groups is 1. The summed E-state index contributed by atoms with van der Waals surface area (Å²) in [6.45, 7) is 2.09. The molecule has 0 aliphatic rings. The van der Waals surface area contributed by atoms with Gasteiger partial charge in [0.1, 0.15) is 5.01 Å². The van der Waals surface area contributed by atoms with E-state index >= 15 is 0 Å². The van der Waals surface area contributed by atoms with Gasteiger partial charge >= 0.3 is 0 Å². The molecule has 1 heterocycles. The summed E-state index contributed by atoms with van der Waals surface area (Å²) in [5.41, 5.74) is 7.13. The SMILES string of the molecule is Cc1ccc2nc(-c3ccc(NC(=O)c4ccccc4CCc4ccccc4)cc3)sc2c1. The molecule has 1 amide bonds. The molecule has 0 saturated heterocycles. The first-order chi connectivity index (χ1) is 16.2. The molecule has 0 radical (unpaired) electrons. The van der Waals surface area contributed by atoms with Crippen LogP contribution in [0.5, 0.6) is 0 Å². The molecule has 4 aromatic carbocycles. The average molecular weight is 449 g/mol. The summed E-state index contributed by atoms with van der Waals surface area (Å²) in [7, 11) is 0. The Hall–Kier alpha value is -3.76. The van der Waals surface area contributed by atoms with Gasteiger partial charge in [-0.05, 0) is 78.9 Å². The average Bonchev–Trinajstić information content (AvgIpc) is 3.27. The summed E-state index contributed by atoms with van der Waals surface area (Å²) in [4.78, 5) is 17.8. The lowest BCUT2D eigenvalue weighted by Gasteiger charge is -2.11. The number of anilines is 1. The Morgan fingerprint density at radius 1 is 0.848 bits per heavy atom. The van der Waals surface area contributed by atoms with Gasteiger partial charge in [-0.2, -0.15) is 0 Å². The predicted molar refractivity (Wildman–Crippen MR) is 138 cm³/mol. The first-order valence-electron chi connectivity index (χ1n) is 11.1. The molecule has 0 bridgehead atoms. The zero-order valence-electron chi connectivity index (χ0n) is 18.4. The number of fused-ring (bicyclic) bond motifs is 1. The van der Waals surface area contributed by atoms with Crippen molar-refractivity contribution in [2.24, 2.45) is 0 Å². The van der Waals surface area contributed by atoms with E-state index in [0.29, 0.717) is 0 Å².